The first-order chi connectivity index (χ1) is 5.81. The maximum atomic E-state index is 5.64. The van der Waals surface area contributed by atoms with Crippen LogP contribution < -0.4 is 0 Å². The van der Waals surface area contributed by atoms with Gasteiger partial charge in [-0.1, -0.05) is 0 Å². The minimum Gasteiger partial charge on any atom is -0.465 e. The molecule has 1 aliphatic heterocycles. The zero-order valence-electron chi connectivity index (χ0n) is 9.13. The Morgan fingerprint density at radius 2 is 1.77 bits per heavy atom. The van der Waals surface area contributed by atoms with Gasteiger partial charge in [0, 0.05) is 12.1 Å². The van der Waals surface area contributed by atoms with Crippen LogP contribution in [0.2, 0.25) is 0 Å². The molecule has 2 atom stereocenters. The zero-order chi connectivity index (χ0) is 10.2. The number of hydrogen-bond donors (Lipinski definition) is 0. The summed E-state index contributed by atoms with van der Waals surface area (Å²) in [6.07, 6.45) is 1.22. The van der Waals surface area contributed by atoms with Crippen LogP contribution in [0.5, 0.6) is 0 Å². The zero-order valence-corrected chi connectivity index (χ0v) is 9.94. The standard InChI is InChI=1S/C10H19NOS/c1-7-6-8(2)11(7)9(13)12-10(3,4)5/h7-8H,6H2,1-5H3. The number of likely N-dealkylation sites (tertiary alicyclic amines) is 1. The Morgan fingerprint density at radius 3 is 2.08 bits per heavy atom. The summed E-state index contributed by atoms with van der Waals surface area (Å²) in [5.74, 6) is 0. The lowest BCUT2D eigenvalue weighted by Crippen LogP contribution is -2.56. The lowest BCUT2D eigenvalue weighted by molar-refractivity contribution is 0.0378. The monoisotopic (exact) mass is 201 g/mol. The van der Waals surface area contributed by atoms with E-state index in [1.165, 1.54) is 6.42 Å². The summed E-state index contributed by atoms with van der Waals surface area (Å²) in [4.78, 5) is 2.17. The van der Waals surface area contributed by atoms with Crippen LogP contribution in [0.15, 0.2) is 0 Å². The second kappa shape index (κ2) is 3.45. The predicted molar refractivity (Wildman–Crippen MR) is 58.8 cm³/mol. The normalized spacial score (nSPS) is 28.2. The van der Waals surface area contributed by atoms with Gasteiger partial charge in [0.1, 0.15) is 5.60 Å². The molecule has 0 aliphatic carbocycles. The summed E-state index contributed by atoms with van der Waals surface area (Å²) in [6.45, 7) is 10.4. The lowest BCUT2D eigenvalue weighted by atomic mass is 9.97. The van der Waals surface area contributed by atoms with Crippen molar-refractivity contribution in [1.29, 1.82) is 0 Å². The largest absolute Gasteiger partial charge is 0.465 e. The third-order valence-electron chi connectivity index (χ3n) is 2.24. The van der Waals surface area contributed by atoms with Crippen LogP contribution in [-0.4, -0.2) is 27.8 Å². The van der Waals surface area contributed by atoms with Gasteiger partial charge in [-0.25, -0.2) is 0 Å². The van der Waals surface area contributed by atoms with E-state index in [9.17, 15) is 0 Å². The van der Waals surface area contributed by atoms with Gasteiger partial charge >= 0.3 is 0 Å². The van der Waals surface area contributed by atoms with Gasteiger partial charge < -0.3 is 9.64 Å². The first-order valence-corrected chi connectivity index (χ1v) is 5.23. The summed E-state index contributed by atoms with van der Waals surface area (Å²) in [5, 5.41) is 0.652. The molecule has 0 N–H and O–H groups in total. The highest BCUT2D eigenvalue weighted by Gasteiger charge is 2.35. The van der Waals surface area contributed by atoms with Gasteiger partial charge in [-0.3, -0.25) is 0 Å². The molecule has 1 fully saturated rings. The molecule has 0 bridgehead atoms. The minimum atomic E-state index is -0.174. The Morgan fingerprint density at radius 1 is 1.31 bits per heavy atom. The highest BCUT2D eigenvalue weighted by molar-refractivity contribution is 7.80. The van der Waals surface area contributed by atoms with Crippen LogP contribution in [0.4, 0.5) is 0 Å². The Balaban J connectivity index is 2.49. The molecule has 1 heterocycles. The number of nitrogens with zero attached hydrogens (tertiary/aromatic N) is 1. The van der Waals surface area contributed by atoms with Crippen molar-refractivity contribution in [2.45, 2.75) is 58.7 Å². The van der Waals surface area contributed by atoms with Crippen molar-refractivity contribution < 1.29 is 4.74 Å². The highest BCUT2D eigenvalue weighted by Crippen LogP contribution is 2.27. The molecule has 1 aliphatic rings. The van der Waals surface area contributed by atoms with E-state index >= 15 is 0 Å². The molecule has 13 heavy (non-hydrogen) atoms. The van der Waals surface area contributed by atoms with Crippen LogP contribution in [0, 0.1) is 0 Å². The highest BCUT2D eigenvalue weighted by atomic mass is 32.1. The maximum Gasteiger partial charge on any atom is 0.260 e. The summed E-state index contributed by atoms with van der Waals surface area (Å²) < 4.78 is 5.64. The average molecular weight is 201 g/mol. The first-order valence-electron chi connectivity index (χ1n) is 4.82. The SMILES string of the molecule is CC1CC(C)N1C(=S)OC(C)(C)C. The molecule has 1 rings (SSSR count). The van der Waals surface area contributed by atoms with Crippen molar-refractivity contribution in [2.24, 2.45) is 0 Å². The topological polar surface area (TPSA) is 12.5 Å². The van der Waals surface area contributed by atoms with E-state index in [1.807, 2.05) is 20.8 Å². The van der Waals surface area contributed by atoms with Gasteiger partial charge in [-0.2, -0.15) is 0 Å². The van der Waals surface area contributed by atoms with Crippen LogP contribution in [0.1, 0.15) is 41.0 Å². The second-order valence-electron chi connectivity index (χ2n) is 4.82. The fourth-order valence-electron chi connectivity index (χ4n) is 1.69. The van der Waals surface area contributed by atoms with E-state index in [4.69, 9.17) is 17.0 Å². The molecule has 0 aromatic heterocycles. The van der Waals surface area contributed by atoms with Crippen molar-refractivity contribution in [2.75, 3.05) is 0 Å². The molecule has 0 saturated carbocycles. The van der Waals surface area contributed by atoms with E-state index in [2.05, 4.69) is 18.7 Å². The van der Waals surface area contributed by atoms with Crippen molar-refractivity contribution >= 4 is 17.4 Å². The van der Waals surface area contributed by atoms with Crippen LogP contribution in [0.25, 0.3) is 0 Å². The maximum absolute atomic E-state index is 5.64. The van der Waals surface area contributed by atoms with E-state index < -0.39 is 0 Å². The summed E-state index contributed by atoms with van der Waals surface area (Å²) in [5.41, 5.74) is -0.174. The third-order valence-corrected chi connectivity index (χ3v) is 2.53. The van der Waals surface area contributed by atoms with Gasteiger partial charge in [0.05, 0.1) is 0 Å². The molecule has 1 saturated heterocycles. The fourth-order valence-corrected chi connectivity index (χ4v) is 2.30. The number of hydrogen-bond acceptors (Lipinski definition) is 2. The van der Waals surface area contributed by atoms with Crippen molar-refractivity contribution in [1.82, 2.24) is 4.90 Å². The molecule has 3 heteroatoms. The Labute approximate surface area is 86.3 Å². The molecule has 2 nitrogen and oxygen atoms in total. The molecular weight excluding hydrogens is 182 g/mol. The second-order valence-corrected chi connectivity index (χ2v) is 5.17. The summed E-state index contributed by atoms with van der Waals surface area (Å²) in [7, 11) is 0. The average Bonchev–Trinajstić information content (AvgIpc) is 1.80. The quantitative estimate of drug-likeness (QED) is 0.559. The Kier molecular flexibility index (Phi) is 2.85. The van der Waals surface area contributed by atoms with Crippen LogP contribution in [-0.2, 0) is 4.74 Å². The fraction of sp³-hybridized carbons (Fsp3) is 0.900. The Bertz CT molecular complexity index is 201. The van der Waals surface area contributed by atoms with Gasteiger partial charge in [0.15, 0.2) is 0 Å². The molecule has 0 radical (unpaired) electrons. The van der Waals surface area contributed by atoms with Gasteiger partial charge in [0.2, 0.25) is 0 Å². The number of rotatable bonds is 0. The van der Waals surface area contributed by atoms with Crippen LogP contribution in [0.3, 0.4) is 0 Å². The first kappa shape index (κ1) is 10.8. The van der Waals surface area contributed by atoms with Gasteiger partial charge in [-0.05, 0) is 53.3 Å². The number of ether oxygens (including phenoxy) is 1. The molecule has 0 aromatic carbocycles. The van der Waals surface area contributed by atoms with Crippen molar-refractivity contribution in [3.05, 3.63) is 0 Å². The van der Waals surface area contributed by atoms with E-state index in [-0.39, 0.29) is 5.60 Å². The molecule has 0 spiro atoms. The minimum absolute atomic E-state index is 0.174. The van der Waals surface area contributed by atoms with Crippen molar-refractivity contribution in [3.8, 4) is 0 Å². The summed E-state index contributed by atoms with van der Waals surface area (Å²) in [6, 6.07) is 1.09. The van der Waals surface area contributed by atoms with E-state index in [1.54, 1.807) is 0 Å². The Hall–Kier alpha value is -0.310. The molecule has 0 amide bonds. The predicted octanol–water partition coefficient (Wildman–Crippen LogP) is 2.57. The van der Waals surface area contributed by atoms with Crippen molar-refractivity contribution in [3.63, 3.8) is 0 Å². The number of thiocarbonyl (C=S) groups is 1. The molecule has 0 aromatic rings. The van der Waals surface area contributed by atoms with Gasteiger partial charge in [0.25, 0.3) is 5.17 Å². The van der Waals surface area contributed by atoms with Gasteiger partial charge in [-0.15, -0.1) is 0 Å². The molecular formula is C10H19NOS. The summed E-state index contributed by atoms with van der Waals surface area (Å²) >= 11 is 5.23. The third kappa shape index (κ3) is 2.56. The molecule has 2 unspecified atom stereocenters. The van der Waals surface area contributed by atoms with E-state index in [0.717, 1.165) is 0 Å². The lowest BCUT2D eigenvalue weighted by Gasteiger charge is -2.47. The molecule has 76 valence electrons. The van der Waals surface area contributed by atoms with E-state index in [0.29, 0.717) is 17.3 Å². The van der Waals surface area contributed by atoms with Crippen LogP contribution >= 0.6 is 12.2 Å². The smallest absolute Gasteiger partial charge is 0.260 e.